The molecular formula is C12H11N2. The van der Waals surface area contributed by atoms with Gasteiger partial charge in [-0.25, -0.2) is 0 Å². The second kappa shape index (κ2) is 4.01. The fourth-order valence-electron chi connectivity index (χ4n) is 1.33. The van der Waals surface area contributed by atoms with Crippen LogP contribution in [0.4, 0.5) is 0 Å². The van der Waals surface area contributed by atoms with E-state index in [2.05, 4.69) is 16.9 Å². The van der Waals surface area contributed by atoms with Gasteiger partial charge in [0.2, 0.25) is 0 Å². The molecule has 0 saturated heterocycles. The molecule has 0 unspecified atom stereocenters. The van der Waals surface area contributed by atoms with Crippen LogP contribution in [0.5, 0.6) is 0 Å². The number of pyridine rings is 2. The number of hydrogen-bond acceptors (Lipinski definition) is 2. The second-order valence-corrected chi connectivity index (χ2v) is 3.11. The molecule has 2 aromatic rings. The highest BCUT2D eigenvalue weighted by molar-refractivity contribution is 5.26. The van der Waals surface area contributed by atoms with Gasteiger partial charge in [-0.15, -0.1) is 0 Å². The Kier molecular flexibility index (Phi) is 2.54. The Morgan fingerprint density at radius 3 is 2.57 bits per heavy atom. The van der Waals surface area contributed by atoms with Crippen LogP contribution < -0.4 is 0 Å². The van der Waals surface area contributed by atoms with E-state index in [1.54, 1.807) is 12.4 Å². The lowest BCUT2D eigenvalue weighted by Crippen LogP contribution is -1.95. The predicted molar refractivity (Wildman–Crippen MR) is 55.7 cm³/mol. The Bertz CT molecular complexity index is 410. The van der Waals surface area contributed by atoms with E-state index >= 15 is 0 Å². The lowest BCUT2D eigenvalue weighted by atomic mass is 10.1. The Morgan fingerprint density at radius 2 is 1.86 bits per heavy atom. The minimum atomic E-state index is 0.799. The summed E-state index contributed by atoms with van der Waals surface area (Å²) in [6.45, 7) is 3.88. The van der Waals surface area contributed by atoms with E-state index in [1.165, 1.54) is 0 Å². The van der Waals surface area contributed by atoms with Gasteiger partial charge >= 0.3 is 0 Å². The summed E-state index contributed by atoms with van der Waals surface area (Å²) in [5.41, 5.74) is 3.01. The number of hydrogen-bond donors (Lipinski definition) is 0. The van der Waals surface area contributed by atoms with Crippen molar-refractivity contribution >= 4 is 0 Å². The summed E-state index contributed by atoms with van der Waals surface area (Å²) in [5.74, 6) is 0. The summed E-state index contributed by atoms with van der Waals surface area (Å²) in [7, 11) is 0. The van der Waals surface area contributed by atoms with Crippen LogP contribution in [-0.2, 0) is 6.42 Å². The highest BCUT2D eigenvalue weighted by atomic mass is 14.7. The summed E-state index contributed by atoms with van der Waals surface area (Å²) in [6, 6.07) is 9.86. The van der Waals surface area contributed by atoms with Gasteiger partial charge < -0.3 is 0 Å². The Morgan fingerprint density at radius 1 is 1.00 bits per heavy atom. The van der Waals surface area contributed by atoms with Crippen molar-refractivity contribution in [1.29, 1.82) is 0 Å². The van der Waals surface area contributed by atoms with E-state index in [4.69, 9.17) is 0 Å². The molecule has 69 valence electrons. The lowest BCUT2D eigenvalue weighted by molar-refractivity contribution is 1.04. The average molecular weight is 183 g/mol. The van der Waals surface area contributed by atoms with Crippen LogP contribution in [0.3, 0.4) is 0 Å². The number of aromatic nitrogens is 2. The Balaban J connectivity index is 2.24. The molecule has 1 radical (unpaired) electrons. The molecule has 2 rings (SSSR count). The third-order valence-corrected chi connectivity index (χ3v) is 2.08. The Hall–Kier alpha value is -1.70. The van der Waals surface area contributed by atoms with E-state index in [0.29, 0.717) is 0 Å². The lowest BCUT2D eigenvalue weighted by Gasteiger charge is -2.02. The van der Waals surface area contributed by atoms with Crippen LogP contribution >= 0.6 is 0 Å². The molecule has 0 amide bonds. The minimum absolute atomic E-state index is 0.799. The molecule has 0 saturated carbocycles. The molecule has 0 aliphatic carbocycles. The maximum atomic E-state index is 4.26. The van der Waals surface area contributed by atoms with Crippen molar-refractivity contribution in [1.82, 2.24) is 9.97 Å². The van der Waals surface area contributed by atoms with Gasteiger partial charge in [0.1, 0.15) is 0 Å². The van der Waals surface area contributed by atoms with Gasteiger partial charge in [0, 0.05) is 30.2 Å². The summed E-state index contributed by atoms with van der Waals surface area (Å²) in [5, 5.41) is 0. The summed E-state index contributed by atoms with van der Waals surface area (Å²) >= 11 is 0. The topological polar surface area (TPSA) is 25.8 Å². The third kappa shape index (κ3) is 1.96. The highest BCUT2D eigenvalue weighted by Gasteiger charge is 1.99. The standard InChI is InChI=1S/C12H11N2/c1-10-11(5-4-8-13-10)9-12-6-2-3-7-14-12/h2-8H,1,9H2. The van der Waals surface area contributed by atoms with Crippen molar-refractivity contribution in [2.75, 3.05) is 0 Å². The molecule has 0 aromatic carbocycles. The zero-order valence-electron chi connectivity index (χ0n) is 7.85. The molecule has 0 atom stereocenters. The zero-order valence-corrected chi connectivity index (χ0v) is 7.85. The van der Waals surface area contributed by atoms with E-state index < -0.39 is 0 Å². The fourth-order valence-corrected chi connectivity index (χ4v) is 1.33. The number of nitrogens with zero attached hydrogens (tertiary/aromatic N) is 2. The molecule has 2 heterocycles. The van der Waals surface area contributed by atoms with Gasteiger partial charge in [0.25, 0.3) is 0 Å². The maximum Gasteiger partial charge on any atom is 0.0448 e. The monoisotopic (exact) mass is 183 g/mol. The van der Waals surface area contributed by atoms with Crippen molar-refractivity contribution in [2.45, 2.75) is 6.42 Å². The smallest absolute Gasteiger partial charge is 0.0448 e. The average Bonchev–Trinajstić information content (AvgIpc) is 2.23. The van der Waals surface area contributed by atoms with Crippen LogP contribution in [0.25, 0.3) is 0 Å². The third-order valence-electron chi connectivity index (χ3n) is 2.08. The fraction of sp³-hybridized carbons (Fsp3) is 0.0833. The van der Waals surface area contributed by atoms with Gasteiger partial charge in [-0.2, -0.15) is 0 Å². The van der Waals surface area contributed by atoms with Crippen molar-refractivity contribution < 1.29 is 0 Å². The predicted octanol–water partition coefficient (Wildman–Crippen LogP) is 2.25. The van der Waals surface area contributed by atoms with E-state index in [0.717, 1.165) is 23.4 Å². The molecule has 0 bridgehead atoms. The molecule has 2 nitrogen and oxygen atoms in total. The maximum absolute atomic E-state index is 4.26. The molecular weight excluding hydrogens is 172 g/mol. The summed E-state index contributed by atoms with van der Waals surface area (Å²) < 4.78 is 0. The molecule has 0 N–H and O–H groups in total. The van der Waals surface area contributed by atoms with Crippen molar-refractivity contribution in [3.63, 3.8) is 0 Å². The molecule has 2 heteroatoms. The van der Waals surface area contributed by atoms with E-state index in [9.17, 15) is 0 Å². The van der Waals surface area contributed by atoms with Crippen LogP contribution in [-0.4, -0.2) is 9.97 Å². The van der Waals surface area contributed by atoms with E-state index in [1.807, 2.05) is 30.3 Å². The quantitative estimate of drug-likeness (QED) is 0.713. The molecule has 0 aliphatic heterocycles. The second-order valence-electron chi connectivity index (χ2n) is 3.11. The van der Waals surface area contributed by atoms with Crippen molar-refractivity contribution in [2.24, 2.45) is 0 Å². The van der Waals surface area contributed by atoms with Crippen LogP contribution in [0, 0.1) is 6.92 Å². The first-order valence-electron chi connectivity index (χ1n) is 4.52. The molecule has 0 aliphatic rings. The SMILES string of the molecule is [CH2]c1ncccc1Cc1ccccn1. The molecule has 0 spiro atoms. The van der Waals surface area contributed by atoms with Crippen LogP contribution in [0.1, 0.15) is 17.0 Å². The molecule has 2 aromatic heterocycles. The normalized spacial score (nSPS) is 10.1. The first-order chi connectivity index (χ1) is 6.86. The highest BCUT2D eigenvalue weighted by Crippen LogP contribution is 2.09. The number of rotatable bonds is 2. The summed E-state index contributed by atoms with van der Waals surface area (Å²) in [6.07, 6.45) is 4.35. The zero-order chi connectivity index (χ0) is 9.80. The van der Waals surface area contributed by atoms with Crippen molar-refractivity contribution in [3.05, 3.63) is 66.6 Å². The van der Waals surface area contributed by atoms with Gasteiger partial charge in [-0.1, -0.05) is 12.1 Å². The van der Waals surface area contributed by atoms with Gasteiger partial charge in [-0.05, 0) is 30.7 Å². The largest absolute Gasteiger partial charge is 0.261 e. The first kappa shape index (κ1) is 8.88. The molecule has 14 heavy (non-hydrogen) atoms. The minimum Gasteiger partial charge on any atom is -0.261 e. The van der Waals surface area contributed by atoms with Gasteiger partial charge in [0.15, 0.2) is 0 Å². The Labute approximate surface area is 83.7 Å². The van der Waals surface area contributed by atoms with Crippen LogP contribution in [0.15, 0.2) is 42.7 Å². The van der Waals surface area contributed by atoms with Gasteiger partial charge in [-0.3, -0.25) is 9.97 Å². The van der Waals surface area contributed by atoms with E-state index in [-0.39, 0.29) is 0 Å². The van der Waals surface area contributed by atoms with Gasteiger partial charge in [0.05, 0.1) is 0 Å². The summed E-state index contributed by atoms with van der Waals surface area (Å²) in [4.78, 5) is 8.40. The molecule has 0 fully saturated rings. The first-order valence-corrected chi connectivity index (χ1v) is 4.52. The van der Waals surface area contributed by atoms with Crippen molar-refractivity contribution in [3.8, 4) is 0 Å². The van der Waals surface area contributed by atoms with Crippen LogP contribution in [0.2, 0.25) is 0 Å².